The Kier molecular flexibility index (Phi) is 3.15. The van der Waals surface area contributed by atoms with E-state index in [-0.39, 0.29) is 0 Å². The molecule has 0 heterocycles. The van der Waals surface area contributed by atoms with Crippen molar-refractivity contribution in [1.29, 1.82) is 0 Å². The Labute approximate surface area is 78.6 Å². The third-order valence-electron chi connectivity index (χ3n) is 1.80. The maximum absolute atomic E-state index is 10.2. The molecular formula is C9H11O3P. The second-order valence-corrected chi connectivity index (χ2v) is 3.35. The SMILES string of the molecule is Cc1ccc(C(C)(O)OP=O)cc1. The van der Waals surface area contributed by atoms with Crippen LogP contribution >= 0.6 is 8.69 Å². The van der Waals surface area contributed by atoms with E-state index in [2.05, 4.69) is 4.52 Å². The van der Waals surface area contributed by atoms with Gasteiger partial charge in [-0.25, -0.2) is 4.57 Å². The quantitative estimate of drug-likeness (QED) is 0.599. The Hall–Kier alpha value is -0.760. The van der Waals surface area contributed by atoms with Gasteiger partial charge in [-0.1, -0.05) is 29.8 Å². The summed E-state index contributed by atoms with van der Waals surface area (Å²) in [6.45, 7) is 3.40. The van der Waals surface area contributed by atoms with Gasteiger partial charge in [-0.2, -0.15) is 0 Å². The summed E-state index contributed by atoms with van der Waals surface area (Å²) in [5, 5.41) is 9.65. The molecule has 0 amide bonds. The van der Waals surface area contributed by atoms with E-state index in [0.717, 1.165) is 5.56 Å². The number of aryl methyl sites for hydroxylation is 1. The largest absolute Gasteiger partial charge is 0.361 e. The first-order valence-corrected chi connectivity index (χ1v) is 4.59. The smallest absolute Gasteiger partial charge is 0.330 e. The molecule has 1 atom stereocenters. The Morgan fingerprint density at radius 3 is 2.38 bits per heavy atom. The fourth-order valence-electron chi connectivity index (χ4n) is 0.988. The third kappa shape index (κ3) is 2.59. The molecule has 0 fully saturated rings. The standard InChI is InChI=1S/C9H11O3P/c1-7-3-5-8(6-4-7)9(2,10)12-13-11/h3-6,10H,1-2H3. The molecule has 1 aromatic carbocycles. The minimum absolute atomic E-state index is 0.530. The summed E-state index contributed by atoms with van der Waals surface area (Å²) < 4.78 is 14.8. The summed E-state index contributed by atoms with van der Waals surface area (Å²) in [6, 6.07) is 7.19. The van der Waals surface area contributed by atoms with Gasteiger partial charge in [0.15, 0.2) is 0 Å². The van der Waals surface area contributed by atoms with Crippen molar-refractivity contribution in [1.82, 2.24) is 0 Å². The lowest BCUT2D eigenvalue weighted by Gasteiger charge is -2.19. The second-order valence-electron chi connectivity index (χ2n) is 3.01. The Morgan fingerprint density at radius 1 is 1.38 bits per heavy atom. The molecule has 1 unspecified atom stereocenters. The van der Waals surface area contributed by atoms with Gasteiger partial charge >= 0.3 is 8.69 Å². The molecule has 0 saturated heterocycles. The molecule has 0 saturated carbocycles. The van der Waals surface area contributed by atoms with Crippen LogP contribution in [0.15, 0.2) is 24.3 Å². The first kappa shape index (κ1) is 10.3. The lowest BCUT2D eigenvalue weighted by molar-refractivity contribution is -0.121. The van der Waals surface area contributed by atoms with Crippen molar-refractivity contribution >= 4 is 8.69 Å². The van der Waals surface area contributed by atoms with Gasteiger partial charge in [-0.05, 0) is 13.8 Å². The molecule has 0 bridgehead atoms. The van der Waals surface area contributed by atoms with Crippen LogP contribution in [0.4, 0.5) is 0 Å². The fraction of sp³-hybridized carbons (Fsp3) is 0.333. The number of benzene rings is 1. The topological polar surface area (TPSA) is 46.5 Å². The van der Waals surface area contributed by atoms with Gasteiger partial charge in [-0.3, -0.25) is 4.52 Å². The first-order chi connectivity index (χ1) is 6.06. The van der Waals surface area contributed by atoms with Crippen molar-refractivity contribution in [3.8, 4) is 0 Å². The van der Waals surface area contributed by atoms with Crippen molar-refractivity contribution in [2.24, 2.45) is 0 Å². The highest BCUT2D eigenvalue weighted by Crippen LogP contribution is 2.25. The van der Waals surface area contributed by atoms with Crippen molar-refractivity contribution in [3.05, 3.63) is 35.4 Å². The van der Waals surface area contributed by atoms with E-state index in [9.17, 15) is 9.67 Å². The van der Waals surface area contributed by atoms with Crippen LogP contribution in [0.1, 0.15) is 18.1 Å². The first-order valence-electron chi connectivity index (χ1n) is 3.86. The highest BCUT2D eigenvalue weighted by atomic mass is 31.1. The zero-order chi connectivity index (χ0) is 9.90. The lowest BCUT2D eigenvalue weighted by Crippen LogP contribution is -2.20. The van der Waals surface area contributed by atoms with Crippen LogP contribution in [0.5, 0.6) is 0 Å². The van der Waals surface area contributed by atoms with Gasteiger partial charge in [-0.15, -0.1) is 0 Å². The highest BCUT2D eigenvalue weighted by molar-refractivity contribution is 7.17. The number of hydrogen-bond acceptors (Lipinski definition) is 3. The van der Waals surface area contributed by atoms with E-state index in [1.54, 1.807) is 12.1 Å². The van der Waals surface area contributed by atoms with E-state index >= 15 is 0 Å². The molecule has 0 aliphatic carbocycles. The molecule has 0 radical (unpaired) electrons. The van der Waals surface area contributed by atoms with Gasteiger partial charge in [0.05, 0.1) is 0 Å². The Balaban J connectivity index is 2.93. The summed E-state index contributed by atoms with van der Waals surface area (Å²) in [5.41, 5.74) is 1.68. The molecule has 0 spiro atoms. The lowest BCUT2D eigenvalue weighted by atomic mass is 10.1. The van der Waals surface area contributed by atoms with E-state index in [1.807, 2.05) is 19.1 Å². The summed E-state index contributed by atoms with van der Waals surface area (Å²) in [6.07, 6.45) is 0. The Bertz CT molecular complexity index is 292. The Morgan fingerprint density at radius 2 is 1.92 bits per heavy atom. The zero-order valence-electron chi connectivity index (χ0n) is 7.52. The van der Waals surface area contributed by atoms with Gasteiger partial charge in [0.1, 0.15) is 0 Å². The molecule has 1 aromatic rings. The van der Waals surface area contributed by atoms with E-state index in [1.165, 1.54) is 6.92 Å². The normalized spacial score (nSPS) is 15.6. The summed E-state index contributed by atoms with van der Waals surface area (Å²) in [5.74, 6) is -1.49. The van der Waals surface area contributed by atoms with Crippen LogP contribution < -0.4 is 0 Å². The second kappa shape index (κ2) is 3.97. The molecule has 13 heavy (non-hydrogen) atoms. The van der Waals surface area contributed by atoms with Gasteiger partial charge in [0.25, 0.3) is 0 Å². The monoisotopic (exact) mass is 198 g/mol. The molecule has 0 aromatic heterocycles. The average molecular weight is 198 g/mol. The molecule has 1 rings (SSSR count). The minimum Gasteiger partial charge on any atom is -0.361 e. The van der Waals surface area contributed by atoms with E-state index < -0.39 is 14.5 Å². The van der Waals surface area contributed by atoms with Crippen molar-refractivity contribution < 1.29 is 14.2 Å². The van der Waals surface area contributed by atoms with Gasteiger partial charge in [0.2, 0.25) is 5.79 Å². The molecule has 4 heteroatoms. The molecule has 70 valence electrons. The van der Waals surface area contributed by atoms with Gasteiger partial charge < -0.3 is 5.11 Å². The van der Waals surface area contributed by atoms with Crippen molar-refractivity contribution in [2.75, 3.05) is 0 Å². The van der Waals surface area contributed by atoms with Crippen LogP contribution in [0.3, 0.4) is 0 Å². The van der Waals surface area contributed by atoms with Crippen molar-refractivity contribution in [3.63, 3.8) is 0 Å². The van der Waals surface area contributed by atoms with Crippen molar-refractivity contribution in [2.45, 2.75) is 19.6 Å². The number of hydrogen-bond donors (Lipinski definition) is 1. The maximum Gasteiger partial charge on any atom is 0.330 e. The predicted octanol–water partition coefficient (Wildman–Crippen LogP) is 2.38. The summed E-state index contributed by atoms with van der Waals surface area (Å²) in [7, 11) is -0.530. The number of aliphatic hydroxyl groups is 1. The van der Waals surface area contributed by atoms with Gasteiger partial charge in [0, 0.05) is 5.56 Å². The van der Waals surface area contributed by atoms with Crippen LogP contribution in [-0.2, 0) is 14.9 Å². The predicted molar refractivity (Wildman–Crippen MR) is 49.4 cm³/mol. The van der Waals surface area contributed by atoms with Crippen LogP contribution in [0.2, 0.25) is 0 Å². The molecule has 0 aliphatic heterocycles. The van der Waals surface area contributed by atoms with E-state index in [4.69, 9.17) is 0 Å². The fourth-order valence-corrected chi connectivity index (χ4v) is 1.24. The third-order valence-corrected chi connectivity index (χ3v) is 2.23. The van der Waals surface area contributed by atoms with Crippen LogP contribution in [0.25, 0.3) is 0 Å². The van der Waals surface area contributed by atoms with Crippen LogP contribution in [0, 0.1) is 6.92 Å². The zero-order valence-corrected chi connectivity index (χ0v) is 8.41. The van der Waals surface area contributed by atoms with E-state index in [0.29, 0.717) is 5.56 Å². The molecule has 1 N–H and O–H groups in total. The molecule has 0 aliphatic rings. The molecular weight excluding hydrogens is 187 g/mol. The molecule has 3 nitrogen and oxygen atoms in total. The maximum atomic E-state index is 10.2. The summed E-state index contributed by atoms with van der Waals surface area (Å²) >= 11 is 0. The summed E-state index contributed by atoms with van der Waals surface area (Å²) in [4.78, 5) is 0. The highest BCUT2D eigenvalue weighted by Gasteiger charge is 2.23. The average Bonchev–Trinajstić information content (AvgIpc) is 2.05. The minimum atomic E-state index is -1.49. The number of rotatable bonds is 3. The van der Waals surface area contributed by atoms with Crippen LogP contribution in [-0.4, -0.2) is 5.11 Å².